The molecule has 1 fully saturated rings. The molecule has 0 amide bonds. The van der Waals surface area contributed by atoms with Crippen molar-refractivity contribution in [2.24, 2.45) is 0 Å². The second-order valence-corrected chi connectivity index (χ2v) is 8.19. The first-order valence-electron chi connectivity index (χ1n) is 7.38. The van der Waals surface area contributed by atoms with E-state index in [1.54, 1.807) is 0 Å². The van der Waals surface area contributed by atoms with E-state index in [9.17, 15) is 0 Å². The van der Waals surface area contributed by atoms with Crippen LogP contribution in [0.25, 0.3) is 0 Å². The van der Waals surface area contributed by atoms with E-state index in [2.05, 4.69) is 55.9 Å². The van der Waals surface area contributed by atoms with Gasteiger partial charge in [-0.05, 0) is 44.0 Å². The summed E-state index contributed by atoms with van der Waals surface area (Å²) in [7, 11) is 0. The Labute approximate surface area is 122 Å². The highest BCUT2D eigenvalue weighted by Crippen LogP contribution is 2.34. The van der Waals surface area contributed by atoms with Gasteiger partial charge in [0.1, 0.15) is 0 Å². The first kappa shape index (κ1) is 14.9. The van der Waals surface area contributed by atoms with E-state index < -0.39 is 0 Å². The van der Waals surface area contributed by atoms with Gasteiger partial charge in [0.25, 0.3) is 0 Å². The second kappa shape index (κ2) is 6.27. The topological polar surface area (TPSA) is 16.1 Å². The maximum absolute atomic E-state index is 4.64. The zero-order valence-corrected chi connectivity index (χ0v) is 13.5. The van der Waals surface area contributed by atoms with Crippen LogP contribution in [-0.2, 0) is 0 Å². The summed E-state index contributed by atoms with van der Waals surface area (Å²) in [5.41, 5.74) is 1.39. The van der Waals surface area contributed by atoms with Crippen LogP contribution in [0.4, 0.5) is 0 Å². The summed E-state index contributed by atoms with van der Waals surface area (Å²) in [6.45, 7) is 11.4. The lowest BCUT2D eigenvalue weighted by atomic mass is 10.1. The van der Waals surface area contributed by atoms with Crippen molar-refractivity contribution in [3.8, 4) is 0 Å². The van der Waals surface area contributed by atoms with Crippen molar-refractivity contribution >= 4 is 11.8 Å². The molecule has 0 bridgehead atoms. The van der Waals surface area contributed by atoms with Crippen molar-refractivity contribution in [2.45, 2.75) is 62.8 Å². The maximum atomic E-state index is 4.64. The van der Waals surface area contributed by atoms with Gasteiger partial charge in [-0.3, -0.25) is 4.90 Å². The van der Waals surface area contributed by atoms with E-state index in [1.165, 1.54) is 37.9 Å². The summed E-state index contributed by atoms with van der Waals surface area (Å²) in [6, 6.07) is 5.06. The monoisotopic (exact) mass is 278 g/mol. The van der Waals surface area contributed by atoms with E-state index in [1.807, 2.05) is 11.8 Å². The van der Waals surface area contributed by atoms with Crippen molar-refractivity contribution in [2.75, 3.05) is 13.1 Å². The first-order chi connectivity index (χ1) is 8.99. The third-order valence-corrected chi connectivity index (χ3v) is 4.49. The molecule has 19 heavy (non-hydrogen) atoms. The molecule has 0 N–H and O–H groups in total. The molecular weight excluding hydrogens is 252 g/mol. The Hall–Kier alpha value is -0.540. The van der Waals surface area contributed by atoms with Crippen LogP contribution < -0.4 is 0 Å². The molecule has 2 nitrogen and oxygen atoms in total. The third kappa shape index (κ3) is 4.22. The third-order valence-electron chi connectivity index (χ3n) is 3.43. The van der Waals surface area contributed by atoms with Crippen LogP contribution in [0.15, 0.2) is 23.4 Å². The van der Waals surface area contributed by atoms with Gasteiger partial charge in [0.15, 0.2) is 0 Å². The molecule has 1 aromatic rings. The molecule has 1 aromatic heterocycles. The van der Waals surface area contributed by atoms with Crippen molar-refractivity contribution in [1.29, 1.82) is 0 Å². The molecule has 3 heteroatoms. The minimum absolute atomic E-state index is 0.232. The Morgan fingerprint density at radius 1 is 1.37 bits per heavy atom. The van der Waals surface area contributed by atoms with Crippen molar-refractivity contribution in [3.05, 3.63) is 23.9 Å². The SMILES string of the molecule is CCCN1CCC[C@@H]1c1ccc(SC(C)(C)C)nc1. The summed E-state index contributed by atoms with van der Waals surface area (Å²) in [5, 5.41) is 1.14. The van der Waals surface area contributed by atoms with Crippen LogP contribution in [0.1, 0.15) is 58.6 Å². The molecule has 1 saturated heterocycles. The lowest BCUT2D eigenvalue weighted by Crippen LogP contribution is -2.24. The van der Waals surface area contributed by atoms with Gasteiger partial charge in [-0.15, -0.1) is 11.8 Å². The molecule has 0 unspecified atom stereocenters. The Balaban J connectivity index is 2.05. The molecule has 1 atom stereocenters. The Kier molecular flexibility index (Phi) is 4.91. The highest BCUT2D eigenvalue weighted by atomic mass is 32.2. The zero-order chi connectivity index (χ0) is 13.9. The minimum atomic E-state index is 0.232. The minimum Gasteiger partial charge on any atom is -0.296 e. The lowest BCUT2D eigenvalue weighted by Gasteiger charge is -2.24. The summed E-state index contributed by atoms with van der Waals surface area (Å²) < 4.78 is 0.232. The molecule has 1 aliphatic rings. The second-order valence-electron chi connectivity index (χ2n) is 6.34. The number of pyridine rings is 1. The van der Waals surface area contributed by atoms with Gasteiger partial charge in [-0.25, -0.2) is 4.98 Å². The number of hydrogen-bond donors (Lipinski definition) is 0. The quantitative estimate of drug-likeness (QED) is 0.753. The Bertz CT molecular complexity index is 394. The Morgan fingerprint density at radius 2 is 2.16 bits per heavy atom. The normalized spacial score (nSPS) is 20.9. The number of likely N-dealkylation sites (tertiary alicyclic amines) is 1. The fraction of sp³-hybridized carbons (Fsp3) is 0.688. The summed E-state index contributed by atoms with van der Waals surface area (Å²) in [5.74, 6) is 0. The number of thioether (sulfide) groups is 1. The van der Waals surface area contributed by atoms with Crippen LogP contribution >= 0.6 is 11.8 Å². The van der Waals surface area contributed by atoms with Gasteiger partial charge in [0, 0.05) is 17.0 Å². The molecular formula is C16H26N2S. The number of aromatic nitrogens is 1. The molecule has 1 aliphatic heterocycles. The lowest BCUT2D eigenvalue weighted by molar-refractivity contribution is 0.257. The van der Waals surface area contributed by atoms with Gasteiger partial charge < -0.3 is 0 Å². The molecule has 0 spiro atoms. The average molecular weight is 278 g/mol. The smallest absolute Gasteiger partial charge is 0.0965 e. The standard InChI is InChI=1S/C16H26N2S/c1-5-10-18-11-6-7-14(18)13-8-9-15(17-12-13)19-16(2,3)4/h8-9,12,14H,5-7,10-11H2,1-4H3/t14-/m1/s1. The van der Waals surface area contributed by atoms with Crippen molar-refractivity contribution in [1.82, 2.24) is 9.88 Å². The maximum Gasteiger partial charge on any atom is 0.0965 e. The fourth-order valence-corrected chi connectivity index (χ4v) is 3.59. The highest BCUT2D eigenvalue weighted by molar-refractivity contribution is 8.00. The summed E-state index contributed by atoms with van der Waals surface area (Å²) in [4.78, 5) is 7.24. The van der Waals surface area contributed by atoms with E-state index in [0.717, 1.165) is 5.03 Å². The van der Waals surface area contributed by atoms with Crippen LogP contribution in [-0.4, -0.2) is 27.7 Å². The summed E-state index contributed by atoms with van der Waals surface area (Å²) in [6.07, 6.45) is 5.94. The molecule has 2 rings (SSSR count). The predicted molar refractivity (Wildman–Crippen MR) is 83.7 cm³/mol. The van der Waals surface area contributed by atoms with Gasteiger partial charge in [-0.1, -0.05) is 33.8 Å². The van der Waals surface area contributed by atoms with Crippen molar-refractivity contribution in [3.63, 3.8) is 0 Å². The molecule has 0 aliphatic carbocycles. The molecule has 106 valence electrons. The van der Waals surface area contributed by atoms with Gasteiger partial charge in [-0.2, -0.15) is 0 Å². The van der Waals surface area contributed by atoms with Gasteiger partial charge in [0.05, 0.1) is 5.03 Å². The average Bonchev–Trinajstić information content (AvgIpc) is 2.77. The van der Waals surface area contributed by atoms with E-state index >= 15 is 0 Å². The molecule has 0 radical (unpaired) electrons. The fourth-order valence-electron chi connectivity index (χ4n) is 2.72. The zero-order valence-electron chi connectivity index (χ0n) is 12.6. The molecule has 0 saturated carbocycles. The number of hydrogen-bond acceptors (Lipinski definition) is 3. The van der Waals surface area contributed by atoms with Crippen LogP contribution in [0.3, 0.4) is 0 Å². The van der Waals surface area contributed by atoms with Gasteiger partial charge >= 0.3 is 0 Å². The first-order valence-corrected chi connectivity index (χ1v) is 8.20. The van der Waals surface area contributed by atoms with Crippen LogP contribution in [0, 0.1) is 0 Å². The molecule has 0 aromatic carbocycles. The number of rotatable bonds is 4. The van der Waals surface area contributed by atoms with Gasteiger partial charge in [0.2, 0.25) is 0 Å². The van der Waals surface area contributed by atoms with E-state index in [0.29, 0.717) is 6.04 Å². The number of nitrogens with zero attached hydrogens (tertiary/aromatic N) is 2. The van der Waals surface area contributed by atoms with E-state index in [4.69, 9.17) is 0 Å². The summed E-state index contributed by atoms with van der Waals surface area (Å²) >= 11 is 1.84. The largest absolute Gasteiger partial charge is 0.296 e. The van der Waals surface area contributed by atoms with Crippen LogP contribution in [0.5, 0.6) is 0 Å². The Morgan fingerprint density at radius 3 is 2.74 bits per heavy atom. The van der Waals surface area contributed by atoms with Crippen molar-refractivity contribution < 1.29 is 0 Å². The van der Waals surface area contributed by atoms with Crippen LogP contribution in [0.2, 0.25) is 0 Å². The molecule has 2 heterocycles. The predicted octanol–water partition coefficient (Wildman–Crippen LogP) is 4.52. The van der Waals surface area contributed by atoms with E-state index in [-0.39, 0.29) is 4.75 Å². The highest BCUT2D eigenvalue weighted by Gasteiger charge is 2.25.